The molecular formula is C16H14N4O3S. The van der Waals surface area contributed by atoms with E-state index >= 15 is 0 Å². The Balaban J connectivity index is 2.01. The highest BCUT2D eigenvalue weighted by Gasteiger charge is 2.10. The smallest absolute Gasteiger partial charge is 0.269 e. The third-order valence-electron chi connectivity index (χ3n) is 3.31. The first-order chi connectivity index (χ1) is 11.6. The van der Waals surface area contributed by atoms with Gasteiger partial charge in [-0.3, -0.25) is 15.1 Å². The van der Waals surface area contributed by atoms with Gasteiger partial charge in [-0.05, 0) is 31.2 Å². The van der Waals surface area contributed by atoms with Gasteiger partial charge in [0.25, 0.3) is 5.69 Å². The van der Waals surface area contributed by atoms with E-state index in [1.165, 1.54) is 23.5 Å². The van der Waals surface area contributed by atoms with Crippen molar-refractivity contribution in [1.82, 2.24) is 4.68 Å². The van der Waals surface area contributed by atoms with Crippen molar-refractivity contribution in [3.05, 3.63) is 68.2 Å². The fraction of sp³-hybridized carbons (Fsp3) is 0.125. The molecule has 0 saturated heterocycles. The van der Waals surface area contributed by atoms with E-state index in [1.807, 2.05) is 24.4 Å². The van der Waals surface area contributed by atoms with E-state index in [1.54, 1.807) is 30.1 Å². The van der Waals surface area contributed by atoms with Crippen LogP contribution in [0.4, 0.5) is 5.69 Å². The van der Waals surface area contributed by atoms with Crippen molar-refractivity contribution in [2.45, 2.75) is 6.92 Å². The molecule has 0 N–H and O–H groups in total. The molecule has 2 aromatic heterocycles. The maximum absolute atomic E-state index is 10.8. The van der Waals surface area contributed by atoms with Gasteiger partial charge in [0.05, 0.1) is 16.8 Å². The number of rotatable bonds is 4. The third-order valence-corrected chi connectivity index (χ3v) is 4.22. The Bertz CT molecular complexity index is 964. The molecule has 24 heavy (non-hydrogen) atoms. The van der Waals surface area contributed by atoms with E-state index in [4.69, 9.17) is 4.42 Å². The Morgan fingerprint density at radius 1 is 1.25 bits per heavy atom. The zero-order valence-corrected chi connectivity index (χ0v) is 13.9. The molecule has 0 unspecified atom stereocenters. The summed E-state index contributed by atoms with van der Waals surface area (Å²) in [6.45, 7) is 1.87. The quantitative estimate of drug-likeness (QED) is 0.413. The number of hydrogen-bond donors (Lipinski definition) is 0. The Morgan fingerprint density at radius 2 is 2.00 bits per heavy atom. The molecular weight excluding hydrogens is 328 g/mol. The van der Waals surface area contributed by atoms with Crippen LogP contribution in [0.1, 0.15) is 11.5 Å². The monoisotopic (exact) mass is 342 g/mol. The molecule has 122 valence electrons. The first-order valence-corrected chi connectivity index (χ1v) is 7.95. The van der Waals surface area contributed by atoms with Crippen LogP contribution in [0.15, 0.2) is 56.3 Å². The van der Waals surface area contributed by atoms with Crippen LogP contribution in [0.3, 0.4) is 0 Å². The summed E-state index contributed by atoms with van der Waals surface area (Å²) in [6.07, 6.45) is 1.61. The molecule has 3 rings (SSSR count). The molecule has 0 aliphatic carbocycles. The van der Waals surface area contributed by atoms with Gasteiger partial charge in [-0.2, -0.15) is 5.10 Å². The number of nitro benzene ring substituents is 1. The van der Waals surface area contributed by atoms with Crippen molar-refractivity contribution in [3.63, 3.8) is 0 Å². The lowest BCUT2D eigenvalue weighted by Crippen LogP contribution is -2.11. The first kappa shape index (κ1) is 15.9. The van der Waals surface area contributed by atoms with Crippen LogP contribution < -0.4 is 4.80 Å². The van der Waals surface area contributed by atoms with Crippen molar-refractivity contribution < 1.29 is 9.34 Å². The summed E-state index contributed by atoms with van der Waals surface area (Å²) in [5.74, 6) is 1.45. The Morgan fingerprint density at radius 3 is 2.58 bits per heavy atom. The number of benzene rings is 1. The summed E-state index contributed by atoms with van der Waals surface area (Å²) < 4.78 is 7.16. The van der Waals surface area contributed by atoms with Crippen molar-refractivity contribution in [2.24, 2.45) is 10.1 Å². The fourth-order valence-corrected chi connectivity index (χ4v) is 2.96. The summed E-state index contributed by atoms with van der Waals surface area (Å²) in [7, 11) is 1.69. The van der Waals surface area contributed by atoms with E-state index in [2.05, 4.69) is 10.1 Å². The molecule has 2 heterocycles. The van der Waals surface area contributed by atoms with Crippen LogP contribution >= 0.6 is 11.3 Å². The van der Waals surface area contributed by atoms with Gasteiger partial charge in [-0.1, -0.05) is 0 Å². The van der Waals surface area contributed by atoms with Crippen LogP contribution in [0.2, 0.25) is 0 Å². The van der Waals surface area contributed by atoms with E-state index in [9.17, 15) is 10.1 Å². The van der Waals surface area contributed by atoms with Gasteiger partial charge >= 0.3 is 0 Å². The second kappa shape index (κ2) is 6.63. The predicted octanol–water partition coefficient (Wildman–Crippen LogP) is 3.44. The standard InChI is InChI=1S/C16H14N4O3S/c1-11-3-8-14(23-11)9-18-19-15(10-24-16(19)17-2)12-4-6-13(7-5-12)20(21)22/h3-10H,1-2H3/b17-16?,18-9-. The minimum atomic E-state index is -0.421. The number of thiazole rings is 1. The van der Waals surface area contributed by atoms with Gasteiger partial charge in [-0.15, -0.1) is 11.3 Å². The highest BCUT2D eigenvalue weighted by atomic mass is 32.1. The zero-order chi connectivity index (χ0) is 17.1. The highest BCUT2D eigenvalue weighted by Crippen LogP contribution is 2.23. The number of nitrogens with zero attached hydrogens (tertiary/aromatic N) is 4. The van der Waals surface area contributed by atoms with E-state index in [0.29, 0.717) is 10.6 Å². The molecule has 0 saturated carbocycles. The minimum absolute atomic E-state index is 0.0514. The minimum Gasteiger partial charge on any atom is -0.460 e. The summed E-state index contributed by atoms with van der Waals surface area (Å²) in [5, 5.41) is 17.1. The summed E-state index contributed by atoms with van der Waals surface area (Å²) in [6, 6.07) is 10.0. The lowest BCUT2D eigenvalue weighted by atomic mass is 10.1. The van der Waals surface area contributed by atoms with E-state index in [-0.39, 0.29) is 5.69 Å². The average molecular weight is 342 g/mol. The molecule has 0 radical (unpaired) electrons. The molecule has 0 spiro atoms. The second-order valence-corrected chi connectivity index (χ2v) is 5.77. The number of furan rings is 1. The van der Waals surface area contributed by atoms with Gasteiger partial charge in [-0.25, -0.2) is 4.68 Å². The molecule has 3 aromatic rings. The number of non-ortho nitro benzene ring substituents is 1. The van der Waals surface area contributed by atoms with Crippen LogP contribution in [0.5, 0.6) is 0 Å². The van der Waals surface area contributed by atoms with Gasteiger partial charge in [0, 0.05) is 30.1 Å². The number of hydrogen-bond acceptors (Lipinski definition) is 6. The van der Waals surface area contributed by atoms with Crippen molar-refractivity contribution in [2.75, 3.05) is 7.05 Å². The van der Waals surface area contributed by atoms with Crippen LogP contribution in [-0.4, -0.2) is 22.9 Å². The number of aromatic nitrogens is 1. The van der Waals surface area contributed by atoms with Crippen LogP contribution in [0, 0.1) is 17.0 Å². The predicted molar refractivity (Wildman–Crippen MR) is 92.3 cm³/mol. The van der Waals surface area contributed by atoms with Crippen molar-refractivity contribution in [3.8, 4) is 11.3 Å². The Labute approximate surface area is 141 Å². The first-order valence-electron chi connectivity index (χ1n) is 7.07. The molecule has 0 aliphatic rings. The molecule has 1 aromatic carbocycles. The second-order valence-electron chi connectivity index (χ2n) is 4.94. The molecule has 8 heteroatoms. The molecule has 0 bridgehead atoms. The van der Waals surface area contributed by atoms with Crippen molar-refractivity contribution in [1.29, 1.82) is 0 Å². The van der Waals surface area contributed by atoms with Gasteiger partial charge in [0.1, 0.15) is 11.5 Å². The van der Waals surface area contributed by atoms with Crippen molar-refractivity contribution >= 4 is 23.2 Å². The molecule has 0 fully saturated rings. The molecule has 0 atom stereocenters. The molecule has 0 amide bonds. The lowest BCUT2D eigenvalue weighted by Gasteiger charge is -2.02. The highest BCUT2D eigenvalue weighted by molar-refractivity contribution is 7.07. The normalized spacial score (nSPS) is 12.2. The maximum atomic E-state index is 10.8. The zero-order valence-electron chi connectivity index (χ0n) is 13.0. The topological polar surface area (TPSA) is 85.9 Å². The van der Waals surface area contributed by atoms with E-state index < -0.39 is 4.92 Å². The third kappa shape index (κ3) is 3.18. The summed E-state index contributed by atoms with van der Waals surface area (Å²) >= 11 is 1.44. The van der Waals surface area contributed by atoms with Gasteiger partial charge < -0.3 is 4.42 Å². The fourth-order valence-electron chi connectivity index (χ4n) is 2.15. The van der Waals surface area contributed by atoms with E-state index in [0.717, 1.165) is 17.0 Å². The summed E-state index contributed by atoms with van der Waals surface area (Å²) in [5.41, 5.74) is 1.67. The molecule has 0 aliphatic heterocycles. The number of aryl methyl sites for hydroxylation is 1. The van der Waals surface area contributed by atoms with Gasteiger partial charge in [0.2, 0.25) is 4.80 Å². The van der Waals surface area contributed by atoms with Gasteiger partial charge in [0.15, 0.2) is 0 Å². The Kier molecular flexibility index (Phi) is 4.39. The summed E-state index contributed by atoms with van der Waals surface area (Å²) in [4.78, 5) is 15.3. The average Bonchev–Trinajstić information content (AvgIpc) is 3.18. The number of nitro groups is 1. The lowest BCUT2D eigenvalue weighted by molar-refractivity contribution is -0.384. The van der Waals surface area contributed by atoms with Crippen LogP contribution in [0.25, 0.3) is 11.3 Å². The SMILES string of the molecule is CN=c1scc(-c2ccc([N+](=O)[O-])cc2)n1/N=C\c1ccc(C)o1. The molecule has 7 nitrogen and oxygen atoms in total. The maximum Gasteiger partial charge on any atom is 0.269 e. The largest absolute Gasteiger partial charge is 0.460 e. The van der Waals surface area contributed by atoms with Crippen LogP contribution in [-0.2, 0) is 0 Å². The Hall–Kier alpha value is -3.00.